The smallest absolute Gasteiger partial charge is 0.311 e. The monoisotopic (exact) mass is 260 g/mol. The number of unbranched alkanes of at least 4 members (excludes halogenated alkanes) is 1. The van der Waals surface area contributed by atoms with Crippen LogP contribution in [0.25, 0.3) is 0 Å². The Morgan fingerprint density at radius 3 is 2.69 bits per heavy atom. The Hall–Kier alpha value is -0.730. The standard InChI is InChI=1S/C12H14Cl2O2/c1-2-3-5-9(12(15)16)8-6-4-7-10(13)11(8)14/h4,6-7,9H,2-3,5H2,1H3,(H,15,16). The zero-order valence-corrected chi connectivity index (χ0v) is 10.6. The molecule has 1 unspecified atom stereocenters. The Morgan fingerprint density at radius 2 is 2.12 bits per heavy atom. The lowest BCUT2D eigenvalue weighted by atomic mass is 9.94. The highest BCUT2D eigenvalue weighted by Crippen LogP contribution is 2.33. The molecule has 2 nitrogen and oxygen atoms in total. The van der Waals surface area contributed by atoms with Crippen molar-refractivity contribution >= 4 is 29.2 Å². The molecule has 0 heterocycles. The maximum atomic E-state index is 11.2. The fraction of sp³-hybridized carbons (Fsp3) is 0.417. The Balaban J connectivity index is 3.01. The first kappa shape index (κ1) is 13.3. The van der Waals surface area contributed by atoms with Crippen LogP contribution in [0.15, 0.2) is 18.2 Å². The molecule has 0 aliphatic carbocycles. The van der Waals surface area contributed by atoms with Crippen LogP contribution < -0.4 is 0 Å². The molecular formula is C12H14Cl2O2. The van der Waals surface area contributed by atoms with Gasteiger partial charge in [-0.25, -0.2) is 0 Å². The molecule has 0 aromatic heterocycles. The Morgan fingerprint density at radius 1 is 1.44 bits per heavy atom. The molecule has 0 fully saturated rings. The van der Waals surface area contributed by atoms with E-state index >= 15 is 0 Å². The van der Waals surface area contributed by atoms with Crippen molar-refractivity contribution in [2.45, 2.75) is 32.1 Å². The number of carboxylic acid groups (broad SMARTS) is 1. The zero-order chi connectivity index (χ0) is 12.1. The molecule has 0 spiro atoms. The molecule has 16 heavy (non-hydrogen) atoms. The van der Waals surface area contributed by atoms with Crippen molar-refractivity contribution in [3.8, 4) is 0 Å². The predicted octanol–water partition coefficient (Wildman–Crippen LogP) is 4.35. The van der Waals surface area contributed by atoms with E-state index in [-0.39, 0.29) is 0 Å². The highest BCUT2D eigenvalue weighted by Gasteiger charge is 2.22. The Bertz CT molecular complexity index is 377. The highest BCUT2D eigenvalue weighted by molar-refractivity contribution is 6.42. The summed E-state index contributed by atoms with van der Waals surface area (Å²) in [6.07, 6.45) is 2.41. The van der Waals surface area contributed by atoms with Crippen molar-refractivity contribution in [2.24, 2.45) is 0 Å². The van der Waals surface area contributed by atoms with E-state index in [1.165, 1.54) is 0 Å². The lowest BCUT2D eigenvalue weighted by Crippen LogP contribution is -2.12. The van der Waals surface area contributed by atoms with E-state index in [1.807, 2.05) is 6.92 Å². The van der Waals surface area contributed by atoms with Gasteiger partial charge in [-0.15, -0.1) is 0 Å². The second kappa shape index (κ2) is 6.12. The minimum absolute atomic E-state index is 0.354. The molecule has 0 radical (unpaired) electrons. The van der Waals surface area contributed by atoms with E-state index in [2.05, 4.69) is 0 Å². The van der Waals surface area contributed by atoms with Crippen LogP contribution in [-0.2, 0) is 4.79 Å². The van der Waals surface area contributed by atoms with Gasteiger partial charge in [0.15, 0.2) is 0 Å². The average Bonchev–Trinajstić information content (AvgIpc) is 2.24. The molecule has 1 aromatic rings. The van der Waals surface area contributed by atoms with Crippen molar-refractivity contribution in [1.82, 2.24) is 0 Å². The number of benzene rings is 1. The number of aliphatic carboxylic acids is 1. The quantitative estimate of drug-likeness (QED) is 0.855. The van der Waals surface area contributed by atoms with E-state index in [9.17, 15) is 4.79 Å². The van der Waals surface area contributed by atoms with Gasteiger partial charge in [-0.05, 0) is 18.1 Å². The van der Waals surface area contributed by atoms with Crippen LogP contribution in [0.3, 0.4) is 0 Å². The third-order valence-electron chi connectivity index (χ3n) is 2.50. The summed E-state index contributed by atoms with van der Waals surface area (Å²) in [6, 6.07) is 5.11. The second-order valence-electron chi connectivity index (χ2n) is 3.68. The molecule has 0 amide bonds. The van der Waals surface area contributed by atoms with Crippen molar-refractivity contribution in [2.75, 3.05) is 0 Å². The maximum absolute atomic E-state index is 11.2. The molecule has 1 atom stereocenters. The molecule has 4 heteroatoms. The lowest BCUT2D eigenvalue weighted by Gasteiger charge is -2.14. The number of rotatable bonds is 5. The van der Waals surface area contributed by atoms with E-state index in [0.29, 0.717) is 22.0 Å². The molecular weight excluding hydrogens is 247 g/mol. The number of halogens is 2. The summed E-state index contributed by atoms with van der Waals surface area (Å²) in [5.74, 6) is -1.41. The molecule has 0 bridgehead atoms. The number of hydrogen-bond acceptors (Lipinski definition) is 1. The van der Waals surface area contributed by atoms with Crippen molar-refractivity contribution in [3.05, 3.63) is 33.8 Å². The number of carboxylic acids is 1. The molecule has 1 N–H and O–H groups in total. The van der Waals surface area contributed by atoms with Crippen LogP contribution >= 0.6 is 23.2 Å². The topological polar surface area (TPSA) is 37.3 Å². The average molecular weight is 261 g/mol. The lowest BCUT2D eigenvalue weighted by molar-refractivity contribution is -0.139. The predicted molar refractivity (Wildman–Crippen MR) is 66.4 cm³/mol. The normalized spacial score (nSPS) is 12.4. The first-order valence-corrected chi connectivity index (χ1v) is 6.00. The fourth-order valence-corrected chi connectivity index (χ4v) is 2.05. The van der Waals surface area contributed by atoms with Crippen LogP contribution in [0.1, 0.15) is 37.7 Å². The van der Waals surface area contributed by atoms with Gasteiger partial charge in [0.25, 0.3) is 0 Å². The van der Waals surface area contributed by atoms with Gasteiger partial charge in [0.1, 0.15) is 0 Å². The minimum Gasteiger partial charge on any atom is -0.481 e. The summed E-state index contributed by atoms with van der Waals surface area (Å²) >= 11 is 11.9. The molecule has 0 aliphatic heterocycles. The molecule has 0 saturated heterocycles. The van der Waals surface area contributed by atoms with Gasteiger partial charge < -0.3 is 5.11 Å². The third-order valence-corrected chi connectivity index (χ3v) is 3.33. The van der Waals surface area contributed by atoms with E-state index in [4.69, 9.17) is 28.3 Å². The minimum atomic E-state index is -0.849. The first-order chi connectivity index (χ1) is 7.57. The Labute approximate surface area is 105 Å². The molecule has 0 saturated carbocycles. The maximum Gasteiger partial charge on any atom is 0.311 e. The zero-order valence-electron chi connectivity index (χ0n) is 9.04. The van der Waals surface area contributed by atoms with Crippen LogP contribution in [0.2, 0.25) is 10.0 Å². The third kappa shape index (κ3) is 3.13. The van der Waals surface area contributed by atoms with E-state index in [1.54, 1.807) is 18.2 Å². The summed E-state index contributed by atoms with van der Waals surface area (Å²) in [5, 5.41) is 9.93. The largest absolute Gasteiger partial charge is 0.481 e. The molecule has 88 valence electrons. The summed E-state index contributed by atoms with van der Waals surface area (Å²) in [5.41, 5.74) is 0.607. The SMILES string of the molecule is CCCCC(C(=O)O)c1cccc(Cl)c1Cl. The number of carbonyl (C=O) groups is 1. The van der Waals surface area contributed by atoms with Crippen molar-refractivity contribution < 1.29 is 9.90 Å². The summed E-state index contributed by atoms with van der Waals surface area (Å²) in [7, 11) is 0. The summed E-state index contributed by atoms with van der Waals surface area (Å²) in [4.78, 5) is 11.2. The first-order valence-electron chi connectivity index (χ1n) is 5.24. The van der Waals surface area contributed by atoms with Gasteiger partial charge in [-0.3, -0.25) is 4.79 Å². The van der Waals surface area contributed by atoms with Crippen LogP contribution in [0.5, 0.6) is 0 Å². The van der Waals surface area contributed by atoms with E-state index in [0.717, 1.165) is 12.8 Å². The van der Waals surface area contributed by atoms with Crippen LogP contribution in [0.4, 0.5) is 0 Å². The van der Waals surface area contributed by atoms with E-state index < -0.39 is 11.9 Å². The number of hydrogen-bond donors (Lipinski definition) is 1. The summed E-state index contributed by atoms with van der Waals surface area (Å²) in [6.45, 7) is 2.03. The molecule has 1 aromatic carbocycles. The van der Waals surface area contributed by atoms with Crippen molar-refractivity contribution in [3.63, 3.8) is 0 Å². The molecule has 1 rings (SSSR count). The van der Waals surface area contributed by atoms with Gasteiger partial charge >= 0.3 is 5.97 Å². The van der Waals surface area contributed by atoms with Gasteiger partial charge in [0.05, 0.1) is 16.0 Å². The van der Waals surface area contributed by atoms with Gasteiger partial charge in [-0.2, -0.15) is 0 Å². The van der Waals surface area contributed by atoms with Crippen LogP contribution in [-0.4, -0.2) is 11.1 Å². The van der Waals surface area contributed by atoms with Crippen LogP contribution in [0, 0.1) is 0 Å². The Kier molecular flexibility index (Phi) is 5.10. The second-order valence-corrected chi connectivity index (χ2v) is 4.46. The van der Waals surface area contributed by atoms with Gasteiger partial charge in [-0.1, -0.05) is 55.1 Å². The molecule has 0 aliphatic rings. The van der Waals surface area contributed by atoms with Gasteiger partial charge in [0.2, 0.25) is 0 Å². The fourth-order valence-electron chi connectivity index (χ4n) is 1.61. The van der Waals surface area contributed by atoms with Crippen molar-refractivity contribution in [1.29, 1.82) is 0 Å². The summed E-state index contributed by atoms with van der Waals surface area (Å²) < 4.78 is 0. The highest BCUT2D eigenvalue weighted by atomic mass is 35.5. The van der Waals surface area contributed by atoms with Gasteiger partial charge in [0, 0.05) is 0 Å².